The van der Waals surface area contributed by atoms with Gasteiger partial charge in [-0.2, -0.15) is 0 Å². The predicted molar refractivity (Wildman–Crippen MR) is 128 cm³/mol. The quantitative estimate of drug-likeness (QED) is 0.540. The Morgan fingerprint density at radius 1 is 1.16 bits per heavy atom. The second-order valence-corrected chi connectivity index (χ2v) is 8.53. The highest BCUT2D eigenvalue weighted by atomic mass is 32.1. The van der Waals surface area contributed by atoms with E-state index in [2.05, 4.69) is 56.3 Å². The van der Waals surface area contributed by atoms with Gasteiger partial charge in [0.2, 0.25) is 0 Å². The second-order valence-electron chi connectivity index (χ2n) is 8.14. The molecule has 3 aromatic rings. The third-order valence-electron chi connectivity index (χ3n) is 6.13. The molecule has 0 unspecified atom stereocenters. The molecule has 5 rings (SSSR count). The van der Waals surface area contributed by atoms with E-state index < -0.39 is 0 Å². The van der Waals surface area contributed by atoms with E-state index >= 15 is 0 Å². The fraction of sp³-hybridized carbons (Fsp3) is 0.360. The van der Waals surface area contributed by atoms with E-state index in [4.69, 9.17) is 21.7 Å². The van der Waals surface area contributed by atoms with Gasteiger partial charge in [-0.15, -0.1) is 0 Å². The SMILES string of the molecule is CCOc1ccc(-n2cccc2[C@@H]2[C@H](c3ccccn3)NC(=S)N2C[C@@H]2CCCO2)cc1. The maximum Gasteiger partial charge on any atom is 0.170 e. The van der Waals surface area contributed by atoms with Crippen molar-refractivity contribution in [1.29, 1.82) is 0 Å². The lowest BCUT2D eigenvalue weighted by atomic mass is 10.0. The van der Waals surface area contributed by atoms with Crippen LogP contribution in [0.1, 0.15) is 43.2 Å². The zero-order valence-corrected chi connectivity index (χ0v) is 19.0. The Balaban J connectivity index is 1.53. The summed E-state index contributed by atoms with van der Waals surface area (Å²) in [6.07, 6.45) is 6.32. The lowest BCUT2D eigenvalue weighted by Crippen LogP contribution is -2.36. The normalized spacial score (nSPS) is 22.8. The van der Waals surface area contributed by atoms with Gasteiger partial charge < -0.3 is 24.3 Å². The highest BCUT2D eigenvalue weighted by Crippen LogP contribution is 2.40. The molecule has 166 valence electrons. The third kappa shape index (κ3) is 4.10. The molecule has 1 aromatic carbocycles. The zero-order chi connectivity index (χ0) is 21.9. The van der Waals surface area contributed by atoms with Gasteiger partial charge >= 0.3 is 0 Å². The van der Waals surface area contributed by atoms with Crippen molar-refractivity contribution >= 4 is 17.3 Å². The molecule has 2 aromatic heterocycles. The van der Waals surface area contributed by atoms with Crippen molar-refractivity contribution in [3.8, 4) is 11.4 Å². The number of nitrogens with zero attached hydrogens (tertiary/aromatic N) is 3. The number of rotatable bonds is 7. The summed E-state index contributed by atoms with van der Waals surface area (Å²) in [6, 6.07) is 18.5. The van der Waals surface area contributed by atoms with Crippen LogP contribution in [0.5, 0.6) is 5.75 Å². The first-order valence-corrected chi connectivity index (χ1v) is 11.7. The van der Waals surface area contributed by atoms with Crippen LogP contribution in [0.25, 0.3) is 5.69 Å². The number of hydrogen-bond donors (Lipinski definition) is 1. The van der Waals surface area contributed by atoms with E-state index in [0.717, 1.165) is 53.9 Å². The average molecular weight is 449 g/mol. The van der Waals surface area contributed by atoms with Crippen molar-refractivity contribution in [2.24, 2.45) is 0 Å². The third-order valence-corrected chi connectivity index (χ3v) is 6.48. The van der Waals surface area contributed by atoms with Gasteiger partial charge in [0.15, 0.2) is 5.11 Å². The Hall–Kier alpha value is -2.90. The molecule has 0 spiro atoms. The summed E-state index contributed by atoms with van der Waals surface area (Å²) in [5, 5.41) is 4.29. The Bertz CT molecular complexity index is 1050. The maximum absolute atomic E-state index is 5.96. The maximum atomic E-state index is 5.96. The van der Waals surface area contributed by atoms with Crippen LogP contribution in [0, 0.1) is 0 Å². The van der Waals surface area contributed by atoms with E-state index in [1.54, 1.807) is 0 Å². The van der Waals surface area contributed by atoms with E-state index in [-0.39, 0.29) is 18.2 Å². The van der Waals surface area contributed by atoms with Crippen molar-refractivity contribution in [2.45, 2.75) is 38.0 Å². The molecule has 0 bridgehead atoms. The van der Waals surface area contributed by atoms with Crippen molar-refractivity contribution in [3.63, 3.8) is 0 Å². The minimum absolute atomic E-state index is 0.00293. The molecule has 0 aliphatic carbocycles. The minimum atomic E-state index is -0.0403. The summed E-state index contributed by atoms with van der Waals surface area (Å²) in [4.78, 5) is 6.93. The van der Waals surface area contributed by atoms with E-state index in [9.17, 15) is 0 Å². The highest BCUT2D eigenvalue weighted by Gasteiger charge is 2.42. The van der Waals surface area contributed by atoms with Gasteiger partial charge in [0.25, 0.3) is 0 Å². The molecule has 0 saturated carbocycles. The predicted octanol–water partition coefficient (Wildman–Crippen LogP) is 4.42. The van der Waals surface area contributed by atoms with Crippen LogP contribution in [0.3, 0.4) is 0 Å². The fourth-order valence-corrected chi connectivity index (χ4v) is 4.99. The van der Waals surface area contributed by atoms with Crippen LogP contribution in [0.15, 0.2) is 67.0 Å². The van der Waals surface area contributed by atoms with Gasteiger partial charge in [0, 0.05) is 36.9 Å². The first-order chi connectivity index (χ1) is 15.7. The topological polar surface area (TPSA) is 51.5 Å². The first kappa shape index (κ1) is 21.0. The van der Waals surface area contributed by atoms with Gasteiger partial charge in [0.05, 0.1) is 30.5 Å². The Kier molecular flexibility index (Phi) is 6.10. The molecule has 7 heteroatoms. The monoisotopic (exact) mass is 448 g/mol. The standard InChI is InChI=1S/C25H28N4O2S/c1-2-30-19-12-10-18(11-13-19)28-15-5-9-22(28)24-23(21-8-3-4-14-26-21)27-25(32)29(24)17-20-7-6-16-31-20/h3-5,8-15,20,23-24H,2,6-7,16-17H2,1H3,(H,27,32)/t20-,23-,24+/m0/s1. The van der Waals surface area contributed by atoms with Crippen LogP contribution in [-0.4, -0.2) is 45.4 Å². The summed E-state index contributed by atoms with van der Waals surface area (Å²) in [7, 11) is 0. The molecule has 0 amide bonds. The number of hydrogen-bond acceptors (Lipinski definition) is 4. The molecule has 3 atom stereocenters. The second kappa shape index (κ2) is 9.30. The molecular formula is C25H28N4O2S. The van der Waals surface area contributed by atoms with Crippen LogP contribution >= 0.6 is 12.2 Å². The molecule has 2 aliphatic heterocycles. The van der Waals surface area contributed by atoms with Crippen LogP contribution < -0.4 is 10.1 Å². The number of thiocarbonyl (C=S) groups is 1. The summed E-state index contributed by atoms with van der Waals surface area (Å²) in [5.74, 6) is 0.875. The largest absolute Gasteiger partial charge is 0.494 e. The zero-order valence-electron chi connectivity index (χ0n) is 18.2. The Morgan fingerprint density at radius 2 is 2.03 bits per heavy atom. The number of pyridine rings is 1. The molecule has 6 nitrogen and oxygen atoms in total. The molecule has 32 heavy (non-hydrogen) atoms. The average Bonchev–Trinajstić information content (AvgIpc) is 3.57. The van der Waals surface area contributed by atoms with Gasteiger partial charge in [-0.1, -0.05) is 6.07 Å². The molecule has 0 radical (unpaired) electrons. The van der Waals surface area contributed by atoms with Gasteiger partial charge in [0.1, 0.15) is 5.75 Å². The van der Waals surface area contributed by atoms with E-state index in [0.29, 0.717) is 6.61 Å². The molecule has 4 heterocycles. The van der Waals surface area contributed by atoms with Crippen LogP contribution in [0.2, 0.25) is 0 Å². The lowest BCUT2D eigenvalue weighted by molar-refractivity contribution is 0.0836. The number of ether oxygens (including phenoxy) is 2. The van der Waals surface area contributed by atoms with Crippen molar-refractivity contribution < 1.29 is 9.47 Å². The van der Waals surface area contributed by atoms with Crippen LogP contribution in [-0.2, 0) is 4.74 Å². The lowest BCUT2D eigenvalue weighted by Gasteiger charge is -2.30. The molecule has 2 fully saturated rings. The van der Waals surface area contributed by atoms with Crippen molar-refractivity contribution in [1.82, 2.24) is 19.8 Å². The van der Waals surface area contributed by atoms with Gasteiger partial charge in [-0.25, -0.2) is 0 Å². The Morgan fingerprint density at radius 3 is 2.75 bits per heavy atom. The molecule has 1 N–H and O–H groups in total. The number of benzene rings is 1. The van der Waals surface area contributed by atoms with Gasteiger partial charge in [-0.3, -0.25) is 4.98 Å². The molecule has 2 aliphatic rings. The number of nitrogens with one attached hydrogen (secondary N) is 1. The van der Waals surface area contributed by atoms with Crippen molar-refractivity contribution in [2.75, 3.05) is 19.8 Å². The number of aromatic nitrogens is 2. The van der Waals surface area contributed by atoms with Crippen LogP contribution in [0.4, 0.5) is 0 Å². The summed E-state index contributed by atoms with van der Waals surface area (Å²) >= 11 is 5.81. The van der Waals surface area contributed by atoms with Crippen molar-refractivity contribution in [3.05, 3.63) is 78.4 Å². The molecular weight excluding hydrogens is 420 g/mol. The summed E-state index contributed by atoms with van der Waals surface area (Å²) < 4.78 is 13.8. The summed E-state index contributed by atoms with van der Waals surface area (Å²) in [5.41, 5.74) is 3.23. The van der Waals surface area contributed by atoms with E-state index in [1.165, 1.54) is 0 Å². The van der Waals surface area contributed by atoms with E-state index in [1.807, 2.05) is 37.4 Å². The smallest absolute Gasteiger partial charge is 0.170 e. The van der Waals surface area contributed by atoms with Gasteiger partial charge in [-0.05, 0) is 80.5 Å². The highest BCUT2D eigenvalue weighted by molar-refractivity contribution is 7.80. The fourth-order valence-electron chi connectivity index (χ4n) is 4.67. The summed E-state index contributed by atoms with van der Waals surface area (Å²) in [6.45, 7) is 4.25. The Labute approximate surface area is 194 Å². The minimum Gasteiger partial charge on any atom is -0.494 e. The molecule has 2 saturated heterocycles. The first-order valence-electron chi connectivity index (χ1n) is 11.2.